The maximum absolute atomic E-state index is 12.8. The van der Waals surface area contributed by atoms with Crippen molar-refractivity contribution in [2.45, 2.75) is 52.7 Å². The number of amides is 4. The SMILES string of the molecule is CC(C)(C)OC(=O)N(CCNC(=O)NCCN(C(=O)OC(C)(C)C)c1ccc([N+](=O)[O-])cn1)c1ccc([N+](=O)[O-])cn1. The Hall–Kier alpha value is -5.09. The summed E-state index contributed by atoms with van der Waals surface area (Å²) in [6, 6.07) is 4.34. The minimum atomic E-state index is -0.834. The van der Waals surface area contributed by atoms with Gasteiger partial charge in [-0.2, -0.15) is 0 Å². The van der Waals surface area contributed by atoms with Crippen molar-refractivity contribution in [1.29, 1.82) is 0 Å². The Morgan fingerprint density at radius 3 is 1.36 bits per heavy atom. The second kappa shape index (κ2) is 14.0. The Kier molecular flexibility index (Phi) is 11.0. The minimum absolute atomic E-state index is 0.0522. The topological polar surface area (TPSA) is 212 Å². The highest BCUT2D eigenvalue weighted by atomic mass is 16.6. The predicted octanol–water partition coefficient (Wildman–Crippen LogP) is 3.78. The molecule has 0 atom stereocenters. The van der Waals surface area contributed by atoms with Gasteiger partial charge in [0.2, 0.25) is 0 Å². The van der Waals surface area contributed by atoms with Crippen LogP contribution in [0.5, 0.6) is 0 Å². The fourth-order valence-electron chi connectivity index (χ4n) is 3.15. The normalized spacial score (nSPS) is 11.2. The first kappa shape index (κ1) is 33.1. The summed E-state index contributed by atoms with van der Waals surface area (Å²) in [6.45, 7) is 9.77. The average molecular weight is 591 g/mol. The monoisotopic (exact) mass is 590 g/mol. The number of aromatic nitrogens is 2. The maximum Gasteiger partial charge on any atom is 0.416 e. The van der Waals surface area contributed by atoms with Gasteiger partial charge in [0.1, 0.15) is 35.2 Å². The quantitative estimate of drug-likeness (QED) is 0.300. The summed E-state index contributed by atoms with van der Waals surface area (Å²) in [7, 11) is 0. The van der Waals surface area contributed by atoms with Crippen LogP contribution in [0.2, 0.25) is 0 Å². The van der Waals surface area contributed by atoms with Crippen LogP contribution in [0.1, 0.15) is 41.5 Å². The summed E-state index contributed by atoms with van der Waals surface area (Å²) in [4.78, 5) is 68.8. The third-order valence-electron chi connectivity index (χ3n) is 4.91. The fraction of sp³-hybridized carbons (Fsp3) is 0.480. The first-order chi connectivity index (χ1) is 19.5. The molecule has 42 heavy (non-hydrogen) atoms. The van der Waals surface area contributed by atoms with Gasteiger partial charge in [0.15, 0.2) is 0 Å². The van der Waals surface area contributed by atoms with Crippen LogP contribution in [0.4, 0.5) is 37.4 Å². The van der Waals surface area contributed by atoms with E-state index in [9.17, 15) is 34.6 Å². The third kappa shape index (κ3) is 10.8. The maximum atomic E-state index is 12.8. The number of hydrogen-bond acceptors (Lipinski definition) is 11. The molecule has 17 heteroatoms. The number of nitrogens with zero attached hydrogens (tertiary/aromatic N) is 6. The highest BCUT2D eigenvalue weighted by Gasteiger charge is 2.26. The lowest BCUT2D eigenvalue weighted by Gasteiger charge is -2.27. The first-order valence-electron chi connectivity index (χ1n) is 12.7. The molecule has 0 unspecified atom stereocenters. The Morgan fingerprint density at radius 1 is 0.738 bits per heavy atom. The Bertz CT molecular complexity index is 1180. The van der Waals surface area contributed by atoms with Crippen molar-refractivity contribution in [2.75, 3.05) is 36.0 Å². The summed E-state index contributed by atoms with van der Waals surface area (Å²) in [5.41, 5.74) is -2.19. The molecular weight excluding hydrogens is 556 g/mol. The van der Waals surface area contributed by atoms with E-state index >= 15 is 0 Å². The van der Waals surface area contributed by atoms with E-state index in [1.165, 1.54) is 24.3 Å². The molecule has 0 spiro atoms. The van der Waals surface area contributed by atoms with E-state index < -0.39 is 39.3 Å². The number of carbonyl (C=O) groups is 3. The smallest absolute Gasteiger partial charge is 0.416 e. The average Bonchev–Trinajstić information content (AvgIpc) is 2.87. The van der Waals surface area contributed by atoms with E-state index in [1.807, 2.05) is 0 Å². The third-order valence-corrected chi connectivity index (χ3v) is 4.91. The predicted molar refractivity (Wildman–Crippen MR) is 150 cm³/mol. The van der Waals surface area contributed by atoms with Gasteiger partial charge in [0.05, 0.1) is 9.85 Å². The standard InChI is InChI=1S/C25H34N8O9/c1-24(2,3)41-22(35)30(19-9-7-17(15-28-19)32(37)38)13-11-26-21(34)27-12-14-31(23(36)42-25(4,5)6)20-10-8-18(16-29-20)33(39)40/h7-10,15-16H,11-14H2,1-6H3,(H2,26,27,34). The molecule has 0 aromatic carbocycles. The van der Waals surface area contributed by atoms with Crippen LogP contribution in [0, 0.1) is 20.2 Å². The Labute approximate surface area is 241 Å². The van der Waals surface area contributed by atoms with Crippen molar-refractivity contribution in [3.05, 3.63) is 56.9 Å². The van der Waals surface area contributed by atoms with E-state index in [2.05, 4.69) is 20.6 Å². The van der Waals surface area contributed by atoms with Gasteiger partial charge in [0, 0.05) is 38.3 Å². The summed E-state index contributed by atoms with van der Waals surface area (Å²) >= 11 is 0. The van der Waals surface area contributed by atoms with E-state index in [1.54, 1.807) is 41.5 Å². The molecular formula is C25H34N8O9. The highest BCUT2D eigenvalue weighted by molar-refractivity contribution is 5.87. The molecule has 2 N–H and O–H groups in total. The first-order valence-corrected chi connectivity index (χ1v) is 12.7. The summed E-state index contributed by atoms with van der Waals surface area (Å²) in [6.07, 6.45) is 0.468. The van der Waals surface area contributed by atoms with E-state index in [0.717, 1.165) is 22.2 Å². The van der Waals surface area contributed by atoms with Gasteiger partial charge in [-0.15, -0.1) is 0 Å². The van der Waals surface area contributed by atoms with Crippen molar-refractivity contribution in [3.8, 4) is 0 Å². The highest BCUT2D eigenvalue weighted by Crippen LogP contribution is 2.20. The van der Waals surface area contributed by atoms with Crippen molar-refractivity contribution in [1.82, 2.24) is 20.6 Å². The number of nitro groups is 2. The van der Waals surface area contributed by atoms with E-state index in [0.29, 0.717) is 0 Å². The van der Waals surface area contributed by atoms with Gasteiger partial charge in [-0.25, -0.2) is 24.4 Å². The van der Waals surface area contributed by atoms with Crippen LogP contribution in [-0.2, 0) is 9.47 Å². The van der Waals surface area contributed by atoms with E-state index in [4.69, 9.17) is 9.47 Å². The van der Waals surface area contributed by atoms with Gasteiger partial charge in [0.25, 0.3) is 11.4 Å². The zero-order valence-electron chi connectivity index (χ0n) is 24.2. The number of ether oxygens (including phenoxy) is 2. The van der Waals surface area contributed by atoms with Gasteiger partial charge in [-0.05, 0) is 53.7 Å². The van der Waals surface area contributed by atoms with Crippen molar-refractivity contribution < 1.29 is 33.7 Å². The second-order valence-electron chi connectivity index (χ2n) is 10.7. The van der Waals surface area contributed by atoms with Crippen LogP contribution < -0.4 is 20.4 Å². The molecule has 0 fully saturated rings. The number of carbonyl (C=O) groups excluding carboxylic acids is 3. The number of urea groups is 1. The molecule has 228 valence electrons. The second-order valence-corrected chi connectivity index (χ2v) is 10.7. The zero-order chi connectivity index (χ0) is 31.7. The molecule has 0 radical (unpaired) electrons. The molecule has 0 bridgehead atoms. The molecule has 0 aliphatic carbocycles. The van der Waals surface area contributed by atoms with Gasteiger partial charge in [-0.3, -0.25) is 30.0 Å². The lowest BCUT2D eigenvalue weighted by Crippen LogP contribution is -2.46. The molecule has 0 aliphatic rings. The molecule has 2 aromatic heterocycles. The van der Waals surface area contributed by atoms with Crippen molar-refractivity contribution >= 4 is 41.2 Å². The van der Waals surface area contributed by atoms with Crippen LogP contribution in [0.3, 0.4) is 0 Å². The number of rotatable bonds is 10. The summed E-state index contributed by atoms with van der Waals surface area (Å²) < 4.78 is 10.8. The lowest BCUT2D eigenvalue weighted by atomic mass is 10.2. The molecule has 0 saturated heterocycles. The van der Waals surface area contributed by atoms with Crippen LogP contribution >= 0.6 is 0 Å². The Morgan fingerprint density at radius 2 is 1.10 bits per heavy atom. The molecule has 0 saturated carbocycles. The van der Waals surface area contributed by atoms with Crippen LogP contribution in [0.25, 0.3) is 0 Å². The number of anilines is 2. The molecule has 2 rings (SSSR count). The molecule has 2 heterocycles. The number of nitrogens with one attached hydrogen (secondary N) is 2. The van der Waals surface area contributed by atoms with E-state index in [-0.39, 0.29) is 49.2 Å². The largest absolute Gasteiger partial charge is 0.443 e. The molecule has 17 nitrogen and oxygen atoms in total. The van der Waals surface area contributed by atoms with Gasteiger partial charge in [-0.1, -0.05) is 0 Å². The van der Waals surface area contributed by atoms with Gasteiger partial charge < -0.3 is 20.1 Å². The zero-order valence-corrected chi connectivity index (χ0v) is 24.2. The molecule has 4 amide bonds. The van der Waals surface area contributed by atoms with Crippen LogP contribution in [-0.4, -0.2) is 75.4 Å². The molecule has 0 aliphatic heterocycles. The van der Waals surface area contributed by atoms with Crippen molar-refractivity contribution in [2.24, 2.45) is 0 Å². The number of hydrogen-bond donors (Lipinski definition) is 2. The van der Waals surface area contributed by atoms with Crippen LogP contribution in [0.15, 0.2) is 36.7 Å². The minimum Gasteiger partial charge on any atom is -0.443 e. The summed E-state index contributed by atoms with van der Waals surface area (Å²) in [5, 5.41) is 27.0. The molecule has 2 aromatic rings. The van der Waals surface area contributed by atoms with Gasteiger partial charge >= 0.3 is 18.2 Å². The van der Waals surface area contributed by atoms with Crippen molar-refractivity contribution in [3.63, 3.8) is 0 Å². The fourth-order valence-corrected chi connectivity index (χ4v) is 3.15. The lowest BCUT2D eigenvalue weighted by molar-refractivity contribution is -0.385. The summed E-state index contributed by atoms with van der Waals surface area (Å²) in [5.74, 6) is 0.168. The Balaban J connectivity index is 2.02. The number of pyridine rings is 2.